The number of hydrogen-bond donors (Lipinski definition) is 0. The summed E-state index contributed by atoms with van der Waals surface area (Å²) in [5.74, 6) is 1.02. The molecule has 6 heteroatoms. The molecule has 17 heavy (non-hydrogen) atoms. The molecule has 0 unspecified atom stereocenters. The molecule has 2 rings (SSSR count). The molecule has 0 fully saturated rings. The molecular formula is C11H15ClN4O. The Labute approximate surface area is 105 Å². The van der Waals surface area contributed by atoms with Crippen molar-refractivity contribution >= 4 is 17.4 Å². The molecule has 0 aliphatic carbocycles. The van der Waals surface area contributed by atoms with Crippen LogP contribution in [-0.2, 0) is 0 Å². The van der Waals surface area contributed by atoms with Crippen LogP contribution in [0.4, 0.5) is 0 Å². The molecule has 0 spiro atoms. The molecule has 5 nitrogen and oxygen atoms in total. The lowest BCUT2D eigenvalue weighted by atomic mass is 9.93. The van der Waals surface area contributed by atoms with E-state index < -0.39 is 0 Å². The van der Waals surface area contributed by atoms with Crippen molar-refractivity contribution in [3.8, 4) is 5.88 Å². The molecule has 0 bridgehead atoms. The molecule has 0 amide bonds. The Hall–Kier alpha value is -1.36. The summed E-state index contributed by atoms with van der Waals surface area (Å²) >= 11 is 5.88. The second kappa shape index (κ2) is 4.49. The van der Waals surface area contributed by atoms with Gasteiger partial charge in [-0.05, 0) is 11.8 Å². The smallest absolute Gasteiger partial charge is 0.256 e. The molecule has 0 N–H and O–H groups in total. The van der Waals surface area contributed by atoms with Gasteiger partial charge in [0.1, 0.15) is 11.5 Å². The predicted octanol–water partition coefficient (Wildman–Crippen LogP) is 2.59. The average Bonchev–Trinajstić information content (AvgIpc) is 2.63. The van der Waals surface area contributed by atoms with Crippen LogP contribution in [0.2, 0.25) is 5.15 Å². The fourth-order valence-corrected chi connectivity index (χ4v) is 1.49. The van der Waals surface area contributed by atoms with Gasteiger partial charge in [-0.2, -0.15) is 19.6 Å². The number of nitrogens with zero attached hydrogens (tertiary/aromatic N) is 4. The van der Waals surface area contributed by atoms with Crippen LogP contribution in [0, 0.1) is 5.41 Å². The molecular weight excluding hydrogens is 240 g/mol. The molecule has 2 heterocycles. The van der Waals surface area contributed by atoms with Crippen molar-refractivity contribution in [2.45, 2.75) is 27.2 Å². The van der Waals surface area contributed by atoms with Gasteiger partial charge in [0.25, 0.3) is 5.78 Å². The second-order valence-electron chi connectivity index (χ2n) is 5.05. The topological polar surface area (TPSA) is 52.3 Å². The highest BCUT2D eigenvalue weighted by molar-refractivity contribution is 6.29. The summed E-state index contributed by atoms with van der Waals surface area (Å²) in [6.45, 7) is 7.11. The van der Waals surface area contributed by atoms with E-state index in [1.54, 1.807) is 6.07 Å². The van der Waals surface area contributed by atoms with Crippen LogP contribution < -0.4 is 4.74 Å². The lowest BCUT2D eigenvalue weighted by Gasteiger charge is -2.18. The maximum Gasteiger partial charge on any atom is 0.256 e. The largest absolute Gasteiger partial charge is 0.477 e. The highest BCUT2D eigenvalue weighted by Gasteiger charge is 2.12. The Morgan fingerprint density at radius 1 is 1.41 bits per heavy atom. The standard InChI is InChI=1S/C11H15ClN4O/c1-11(2,3)4-5-17-9-6-8(12)15-10-13-7-14-16(9)10/h6-7H,4-5H2,1-3H3. The van der Waals surface area contributed by atoms with Gasteiger partial charge >= 0.3 is 0 Å². The van der Waals surface area contributed by atoms with E-state index in [9.17, 15) is 0 Å². The third-order valence-electron chi connectivity index (χ3n) is 2.29. The summed E-state index contributed by atoms with van der Waals surface area (Å²) < 4.78 is 7.21. The molecule has 0 aliphatic heterocycles. The minimum atomic E-state index is 0.234. The van der Waals surface area contributed by atoms with Crippen LogP contribution in [0.5, 0.6) is 5.88 Å². The van der Waals surface area contributed by atoms with Gasteiger partial charge in [-0.25, -0.2) is 0 Å². The SMILES string of the molecule is CC(C)(C)CCOc1cc(Cl)nc2ncnn12. The molecule has 0 radical (unpaired) electrons. The van der Waals surface area contributed by atoms with Gasteiger partial charge in [0.2, 0.25) is 5.88 Å². The fourth-order valence-electron chi connectivity index (χ4n) is 1.32. The van der Waals surface area contributed by atoms with Crippen LogP contribution in [0.3, 0.4) is 0 Å². The summed E-state index contributed by atoms with van der Waals surface area (Å²) in [5, 5.41) is 4.39. The van der Waals surface area contributed by atoms with Crippen molar-refractivity contribution < 1.29 is 4.74 Å². The first-order valence-electron chi connectivity index (χ1n) is 5.45. The third-order valence-corrected chi connectivity index (χ3v) is 2.48. The number of halogens is 1. The van der Waals surface area contributed by atoms with Crippen molar-refractivity contribution in [3.63, 3.8) is 0 Å². The monoisotopic (exact) mass is 254 g/mol. The number of rotatable bonds is 3. The van der Waals surface area contributed by atoms with Crippen molar-refractivity contribution in [3.05, 3.63) is 17.5 Å². The Morgan fingerprint density at radius 3 is 2.88 bits per heavy atom. The first kappa shape index (κ1) is 12.1. The van der Waals surface area contributed by atoms with E-state index in [1.165, 1.54) is 10.8 Å². The minimum absolute atomic E-state index is 0.234. The number of fused-ring (bicyclic) bond motifs is 1. The fraction of sp³-hybridized carbons (Fsp3) is 0.545. The van der Waals surface area contributed by atoms with Gasteiger partial charge in [0, 0.05) is 6.07 Å². The third kappa shape index (κ3) is 3.06. The van der Waals surface area contributed by atoms with E-state index in [0.29, 0.717) is 23.4 Å². The lowest BCUT2D eigenvalue weighted by molar-refractivity contribution is 0.232. The van der Waals surface area contributed by atoms with Crippen molar-refractivity contribution in [1.82, 2.24) is 19.6 Å². The summed E-state index contributed by atoms with van der Waals surface area (Å²) in [4.78, 5) is 8.00. The zero-order valence-corrected chi connectivity index (χ0v) is 10.9. The van der Waals surface area contributed by atoms with Crippen molar-refractivity contribution in [2.75, 3.05) is 6.61 Å². The van der Waals surface area contributed by atoms with E-state index in [0.717, 1.165) is 6.42 Å². The van der Waals surface area contributed by atoms with Crippen LogP contribution in [0.1, 0.15) is 27.2 Å². The summed E-state index contributed by atoms with van der Waals surface area (Å²) in [7, 11) is 0. The first-order valence-corrected chi connectivity index (χ1v) is 5.83. The highest BCUT2D eigenvalue weighted by Crippen LogP contribution is 2.21. The molecule has 0 aliphatic rings. The van der Waals surface area contributed by atoms with Crippen LogP contribution in [-0.4, -0.2) is 26.2 Å². The van der Waals surface area contributed by atoms with Gasteiger partial charge in [0.05, 0.1) is 6.61 Å². The van der Waals surface area contributed by atoms with Crippen LogP contribution >= 0.6 is 11.6 Å². The van der Waals surface area contributed by atoms with Gasteiger partial charge in [0.15, 0.2) is 0 Å². The molecule has 0 aromatic carbocycles. The van der Waals surface area contributed by atoms with Crippen LogP contribution in [0.25, 0.3) is 5.78 Å². The Morgan fingerprint density at radius 2 is 2.18 bits per heavy atom. The maximum absolute atomic E-state index is 5.88. The Bertz CT molecular complexity index is 518. The van der Waals surface area contributed by atoms with Gasteiger partial charge in [-0.1, -0.05) is 32.4 Å². The Kier molecular flexibility index (Phi) is 3.19. The summed E-state index contributed by atoms with van der Waals surface area (Å²) in [5.41, 5.74) is 0.234. The zero-order valence-electron chi connectivity index (χ0n) is 10.1. The molecule has 0 atom stereocenters. The van der Waals surface area contributed by atoms with E-state index in [-0.39, 0.29) is 5.41 Å². The Balaban J connectivity index is 2.15. The minimum Gasteiger partial charge on any atom is -0.477 e. The number of aromatic nitrogens is 4. The average molecular weight is 255 g/mol. The number of hydrogen-bond acceptors (Lipinski definition) is 4. The van der Waals surface area contributed by atoms with E-state index in [4.69, 9.17) is 16.3 Å². The molecule has 2 aromatic heterocycles. The predicted molar refractivity (Wildman–Crippen MR) is 65.4 cm³/mol. The molecule has 0 saturated carbocycles. The van der Waals surface area contributed by atoms with Gasteiger partial charge in [-0.3, -0.25) is 0 Å². The van der Waals surface area contributed by atoms with Crippen LogP contribution in [0.15, 0.2) is 12.4 Å². The van der Waals surface area contributed by atoms with Crippen molar-refractivity contribution in [2.24, 2.45) is 5.41 Å². The normalized spacial score (nSPS) is 12.0. The van der Waals surface area contributed by atoms with Gasteiger partial charge < -0.3 is 4.74 Å². The molecule has 0 saturated heterocycles. The highest BCUT2D eigenvalue weighted by atomic mass is 35.5. The second-order valence-corrected chi connectivity index (χ2v) is 5.44. The van der Waals surface area contributed by atoms with Crippen molar-refractivity contribution in [1.29, 1.82) is 0 Å². The number of ether oxygens (including phenoxy) is 1. The molecule has 92 valence electrons. The molecule has 2 aromatic rings. The quantitative estimate of drug-likeness (QED) is 0.790. The van der Waals surface area contributed by atoms with E-state index >= 15 is 0 Å². The van der Waals surface area contributed by atoms with Gasteiger partial charge in [-0.15, -0.1) is 0 Å². The zero-order chi connectivity index (χ0) is 12.5. The summed E-state index contributed by atoms with van der Waals surface area (Å²) in [6, 6.07) is 1.64. The van der Waals surface area contributed by atoms with E-state index in [1.807, 2.05) is 0 Å². The summed E-state index contributed by atoms with van der Waals surface area (Å²) in [6.07, 6.45) is 2.37. The first-order chi connectivity index (χ1) is 7.96. The lowest BCUT2D eigenvalue weighted by Crippen LogP contribution is -2.12. The van der Waals surface area contributed by atoms with E-state index in [2.05, 4.69) is 35.8 Å². The maximum atomic E-state index is 5.88.